The summed E-state index contributed by atoms with van der Waals surface area (Å²) in [5.74, 6) is 0. The van der Waals surface area contributed by atoms with Gasteiger partial charge in [-0.05, 0) is 35.7 Å². The monoisotopic (exact) mass is 227 g/mol. The fourth-order valence-electron chi connectivity index (χ4n) is 1.33. The van der Waals surface area contributed by atoms with Crippen LogP contribution in [-0.2, 0) is 0 Å². The lowest BCUT2D eigenvalue weighted by Gasteiger charge is -2.27. The van der Waals surface area contributed by atoms with E-state index >= 15 is 0 Å². The van der Waals surface area contributed by atoms with E-state index in [2.05, 4.69) is 42.9 Å². The van der Waals surface area contributed by atoms with Gasteiger partial charge in [0.15, 0.2) is 0 Å². The van der Waals surface area contributed by atoms with Crippen molar-refractivity contribution in [3.05, 3.63) is 22.4 Å². The molecular formula is C12H21NOS. The van der Waals surface area contributed by atoms with E-state index in [0.29, 0.717) is 6.04 Å². The highest BCUT2D eigenvalue weighted by atomic mass is 32.1. The molecule has 0 aromatic carbocycles. The van der Waals surface area contributed by atoms with Crippen LogP contribution in [0, 0.1) is 5.41 Å². The normalized spacial score (nSPS) is 17.3. The largest absolute Gasteiger partial charge is 0.396 e. The molecule has 86 valence electrons. The Labute approximate surface area is 96.3 Å². The van der Waals surface area contributed by atoms with Gasteiger partial charge in [0.1, 0.15) is 0 Å². The third kappa shape index (κ3) is 3.59. The molecule has 0 fully saturated rings. The molecule has 2 atom stereocenters. The van der Waals surface area contributed by atoms with Gasteiger partial charge in [-0.15, -0.1) is 0 Å². The quantitative estimate of drug-likeness (QED) is 0.783. The number of aliphatic hydroxyl groups is 1. The molecule has 2 nitrogen and oxygen atoms in total. The summed E-state index contributed by atoms with van der Waals surface area (Å²) in [5, 5.41) is 17.0. The Morgan fingerprint density at radius 3 is 2.80 bits per heavy atom. The SMILES string of the molecule is CCC(C)(CO)CNC(C)c1ccsc1. The van der Waals surface area contributed by atoms with Crippen LogP contribution in [-0.4, -0.2) is 18.3 Å². The average Bonchev–Trinajstić information content (AvgIpc) is 2.79. The zero-order valence-corrected chi connectivity index (χ0v) is 10.6. The van der Waals surface area contributed by atoms with E-state index in [0.717, 1.165) is 13.0 Å². The molecule has 0 aliphatic heterocycles. The van der Waals surface area contributed by atoms with E-state index < -0.39 is 0 Å². The molecule has 2 N–H and O–H groups in total. The second-order valence-electron chi connectivity index (χ2n) is 4.48. The van der Waals surface area contributed by atoms with Crippen LogP contribution in [0.3, 0.4) is 0 Å². The predicted molar refractivity (Wildman–Crippen MR) is 66.2 cm³/mol. The first-order chi connectivity index (χ1) is 7.11. The molecule has 0 aliphatic carbocycles. The van der Waals surface area contributed by atoms with Crippen molar-refractivity contribution in [2.45, 2.75) is 33.2 Å². The van der Waals surface area contributed by atoms with Crippen molar-refractivity contribution in [1.82, 2.24) is 5.32 Å². The lowest BCUT2D eigenvalue weighted by atomic mass is 9.88. The van der Waals surface area contributed by atoms with Crippen LogP contribution < -0.4 is 5.32 Å². The molecule has 0 spiro atoms. The van der Waals surface area contributed by atoms with Crippen LogP contribution in [0.15, 0.2) is 16.8 Å². The minimum absolute atomic E-state index is 0.00425. The Hall–Kier alpha value is -0.380. The molecule has 0 bridgehead atoms. The number of rotatable bonds is 6. The fourth-order valence-corrected chi connectivity index (χ4v) is 2.09. The molecule has 0 saturated heterocycles. The number of aliphatic hydroxyl groups excluding tert-OH is 1. The topological polar surface area (TPSA) is 32.3 Å². The van der Waals surface area contributed by atoms with E-state index in [-0.39, 0.29) is 12.0 Å². The van der Waals surface area contributed by atoms with Crippen molar-refractivity contribution in [1.29, 1.82) is 0 Å². The maximum atomic E-state index is 9.29. The molecule has 0 amide bonds. The molecule has 1 rings (SSSR count). The number of hydrogen-bond donors (Lipinski definition) is 2. The maximum Gasteiger partial charge on any atom is 0.0496 e. The average molecular weight is 227 g/mol. The lowest BCUT2D eigenvalue weighted by Crippen LogP contribution is -2.35. The van der Waals surface area contributed by atoms with Crippen LogP contribution in [0.4, 0.5) is 0 Å². The predicted octanol–water partition coefficient (Wildman–Crippen LogP) is 2.81. The Balaban J connectivity index is 2.43. The van der Waals surface area contributed by atoms with Crippen LogP contribution >= 0.6 is 11.3 Å². The van der Waals surface area contributed by atoms with Crippen LogP contribution in [0.25, 0.3) is 0 Å². The first kappa shape index (κ1) is 12.7. The summed E-state index contributed by atoms with van der Waals surface area (Å²) in [6.07, 6.45) is 0.993. The molecule has 1 aromatic rings. The fraction of sp³-hybridized carbons (Fsp3) is 0.667. The van der Waals surface area contributed by atoms with Gasteiger partial charge in [0.2, 0.25) is 0 Å². The van der Waals surface area contributed by atoms with Crippen LogP contribution in [0.5, 0.6) is 0 Å². The first-order valence-electron chi connectivity index (χ1n) is 5.47. The van der Waals surface area contributed by atoms with Gasteiger partial charge in [-0.25, -0.2) is 0 Å². The number of hydrogen-bond acceptors (Lipinski definition) is 3. The number of nitrogens with one attached hydrogen (secondary N) is 1. The Morgan fingerprint density at radius 1 is 1.60 bits per heavy atom. The Kier molecular flexibility index (Phi) is 4.77. The molecule has 0 saturated carbocycles. The summed E-state index contributed by atoms with van der Waals surface area (Å²) in [4.78, 5) is 0. The maximum absolute atomic E-state index is 9.29. The van der Waals surface area contributed by atoms with Gasteiger partial charge in [0.05, 0.1) is 0 Å². The van der Waals surface area contributed by atoms with Crippen LogP contribution in [0.2, 0.25) is 0 Å². The third-order valence-electron chi connectivity index (χ3n) is 3.11. The van der Waals surface area contributed by atoms with E-state index in [1.54, 1.807) is 11.3 Å². The Bertz CT molecular complexity index is 267. The van der Waals surface area contributed by atoms with Gasteiger partial charge in [0, 0.05) is 24.6 Å². The molecule has 3 heteroatoms. The van der Waals surface area contributed by atoms with Crippen LogP contribution in [0.1, 0.15) is 38.8 Å². The minimum atomic E-state index is 0.00425. The highest BCUT2D eigenvalue weighted by Crippen LogP contribution is 2.21. The van der Waals surface area contributed by atoms with Gasteiger partial charge in [0.25, 0.3) is 0 Å². The third-order valence-corrected chi connectivity index (χ3v) is 3.81. The van der Waals surface area contributed by atoms with Gasteiger partial charge >= 0.3 is 0 Å². The first-order valence-corrected chi connectivity index (χ1v) is 6.42. The molecular weight excluding hydrogens is 206 g/mol. The van der Waals surface area contributed by atoms with Crippen molar-refractivity contribution in [2.24, 2.45) is 5.41 Å². The summed E-state index contributed by atoms with van der Waals surface area (Å²) in [6, 6.07) is 2.51. The second-order valence-corrected chi connectivity index (χ2v) is 5.26. The summed E-state index contributed by atoms with van der Waals surface area (Å²) >= 11 is 1.72. The van der Waals surface area contributed by atoms with Crippen molar-refractivity contribution in [3.63, 3.8) is 0 Å². The summed E-state index contributed by atoms with van der Waals surface area (Å²) in [7, 11) is 0. The lowest BCUT2D eigenvalue weighted by molar-refractivity contribution is 0.132. The van der Waals surface area contributed by atoms with Crippen molar-refractivity contribution >= 4 is 11.3 Å². The molecule has 1 aromatic heterocycles. The highest BCUT2D eigenvalue weighted by molar-refractivity contribution is 7.07. The zero-order chi connectivity index (χ0) is 11.3. The molecule has 0 aliphatic rings. The van der Waals surface area contributed by atoms with Gasteiger partial charge in [-0.2, -0.15) is 11.3 Å². The minimum Gasteiger partial charge on any atom is -0.396 e. The number of thiophene rings is 1. The standard InChI is InChI=1S/C12H21NOS/c1-4-12(3,9-14)8-13-10(2)11-5-6-15-7-11/h5-7,10,13-14H,4,8-9H2,1-3H3. The zero-order valence-electron chi connectivity index (χ0n) is 9.79. The van der Waals surface area contributed by atoms with E-state index in [9.17, 15) is 5.11 Å². The van der Waals surface area contributed by atoms with Gasteiger partial charge in [-0.1, -0.05) is 13.8 Å². The van der Waals surface area contributed by atoms with Gasteiger partial charge < -0.3 is 10.4 Å². The van der Waals surface area contributed by atoms with E-state index in [1.807, 2.05) is 0 Å². The van der Waals surface area contributed by atoms with Crippen molar-refractivity contribution in [2.75, 3.05) is 13.2 Å². The molecule has 15 heavy (non-hydrogen) atoms. The van der Waals surface area contributed by atoms with Crippen molar-refractivity contribution < 1.29 is 5.11 Å². The molecule has 2 unspecified atom stereocenters. The van der Waals surface area contributed by atoms with E-state index in [4.69, 9.17) is 0 Å². The highest BCUT2D eigenvalue weighted by Gasteiger charge is 2.21. The summed E-state index contributed by atoms with van der Waals surface area (Å²) < 4.78 is 0. The molecule has 0 radical (unpaired) electrons. The summed E-state index contributed by atoms with van der Waals surface area (Å²) in [6.45, 7) is 7.49. The Morgan fingerprint density at radius 2 is 2.33 bits per heavy atom. The van der Waals surface area contributed by atoms with Crippen molar-refractivity contribution in [3.8, 4) is 0 Å². The second kappa shape index (κ2) is 5.64. The smallest absolute Gasteiger partial charge is 0.0496 e. The molecule has 1 heterocycles. The van der Waals surface area contributed by atoms with Gasteiger partial charge in [-0.3, -0.25) is 0 Å². The summed E-state index contributed by atoms with van der Waals surface area (Å²) in [5.41, 5.74) is 1.33. The van der Waals surface area contributed by atoms with E-state index in [1.165, 1.54) is 5.56 Å².